The van der Waals surface area contributed by atoms with Gasteiger partial charge in [0.25, 0.3) is 11.8 Å². The number of amides is 2. The summed E-state index contributed by atoms with van der Waals surface area (Å²) in [6.45, 7) is 0.191. The van der Waals surface area contributed by atoms with E-state index in [1.54, 1.807) is 24.3 Å². The number of rotatable bonds is 3. The Morgan fingerprint density at radius 1 is 0.818 bits per heavy atom. The maximum Gasteiger partial charge on any atom is 0.261 e. The number of nitrogens with two attached hydrogens (primary N) is 1. The molecule has 2 aromatic rings. The fourth-order valence-corrected chi connectivity index (χ4v) is 2.41. The molecule has 0 aliphatic carbocycles. The van der Waals surface area contributed by atoms with E-state index in [-0.39, 0.29) is 49.2 Å². The number of benzene rings is 2. The number of imide groups is 1. The number of hydrogen-bond acceptors (Lipinski definition) is 3. The lowest BCUT2D eigenvalue weighted by Gasteiger charge is -2.19. The largest absolute Gasteiger partial charge is 0.322 e. The molecule has 0 bridgehead atoms. The second kappa shape index (κ2) is 7.40. The van der Waals surface area contributed by atoms with Gasteiger partial charge in [0.2, 0.25) is 0 Å². The minimum absolute atomic E-state index is 0. The molecule has 0 aromatic heterocycles. The van der Waals surface area contributed by atoms with Gasteiger partial charge in [-0.15, -0.1) is 24.8 Å². The van der Waals surface area contributed by atoms with E-state index in [2.05, 4.69) is 0 Å². The van der Waals surface area contributed by atoms with Crippen LogP contribution in [-0.4, -0.2) is 23.3 Å². The lowest BCUT2D eigenvalue weighted by Crippen LogP contribution is -2.36. The van der Waals surface area contributed by atoms with Crippen molar-refractivity contribution >= 4 is 36.6 Å². The number of carbonyl (C=O) groups excluding carboxylic acids is 2. The molecule has 22 heavy (non-hydrogen) atoms. The van der Waals surface area contributed by atoms with Crippen LogP contribution in [-0.2, 0) is 0 Å². The summed E-state index contributed by atoms with van der Waals surface area (Å²) in [7, 11) is 0. The monoisotopic (exact) mass is 338 g/mol. The highest BCUT2D eigenvalue weighted by Gasteiger charge is 2.35. The summed E-state index contributed by atoms with van der Waals surface area (Å²) in [4.78, 5) is 25.7. The Morgan fingerprint density at radius 3 is 1.77 bits per heavy atom. The molecule has 0 radical (unpaired) electrons. The van der Waals surface area contributed by atoms with E-state index in [1.165, 1.54) is 4.90 Å². The summed E-state index contributed by atoms with van der Waals surface area (Å²) in [6, 6.07) is 15.9. The van der Waals surface area contributed by atoms with Crippen LogP contribution in [0, 0.1) is 0 Å². The molecule has 1 aliphatic rings. The van der Waals surface area contributed by atoms with Gasteiger partial charge < -0.3 is 5.73 Å². The Morgan fingerprint density at radius 2 is 1.27 bits per heavy atom. The van der Waals surface area contributed by atoms with Crippen LogP contribution >= 0.6 is 24.8 Å². The Labute approximate surface area is 141 Å². The lowest BCUT2D eigenvalue weighted by molar-refractivity contribution is 0.0645. The van der Waals surface area contributed by atoms with Crippen LogP contribution < -0.4 is 5.73 Å². The van der Waals surface area contributed by atoms with Gasteiger partial charge in [-0.05, 0) is 17.7 Å². The van der Waals surface area contributed by atoms with Crippen LogP contribution in [0.2, 0.25) is 0 Å². The Bertz CT molecular complexity index is 642. The average molecular weight is 339 g/mol. The van der Waals surface area contributed by atoms with E-state index in [0.717, 1.165) is 5.56 Å². The van der Waals surface area contributed by atoms with Gasteiger partial charge in [0.05, 0.1) is 11.1 Å². The van der Waals surface area contributed by atoms with E-state index in [4.69, 9.17) is 5.73 Å². The molecule has 1 heterocycles. The normalized spacial score (nSPS) is 14.0. The van der Waals surface area contributed by atoms with Gasteiger partial charge in [-0.3, -0.25) is 14.5 Å². The summed E-state index contributed by atoms with van der Waals surface area (Å²) in [6.07, 6.45) is 0. The third-order valence-corrected chi connectivity index (χ3v) is 3.49. The zero-order valence-corrected chi connectivity index (χ0v) is 13.3. The van der Waals surface area contributed by atoms with Gasteiger partial charge in [0, 0.05) is 12.6 Å². The summed E-state index contributed by atoms with van der Waals surface area (Å²) in [5.41, 5.74) is 7.91. The number of nitrogens with zero attached hydrogens (tertiary/aromatic N) is 1. The van der Waals surface area contributed by atoms with E-state index in [0.29, 0.717) is 11.1 Å². The van der Waals surface area contributed by atoms with Crippen LogP contribution in [0.3, 0.4) is 0 Å². The highest BCUT2D eigenvalue weighted by atomic mass is 35.5. The second-order valence-corrected chi connectivity index (χ2v) is 4.78. The quantitative estimate of drug-likeness (QED) is 0.875. The molecule has 2 N–H and O–H groups in total. The minimum atomic E-state index is -0.376. The lowest BCUT2D eigenvalue weighted by atomic mass is 10.1. The van der Waals surface area contributed by atoms with Gasteiger partial charge in [0.1, 0.15) is 0 Å². The molecule has 6 heteroatoms. The topological polar surface area (TPSA) is 63.4 Å². The summed E-state index contributed by atoms with van der Waals surface area (Å²) in [5.74, 6) is -0.533. The zero-order chi connectivity index (χ0) is 14.1. The summed E-state index contributed by atoms with van der Waals surface area (Å²) in [5, 5.41) is 0. The van der Waals surface area contributed by atoms with Crippen molar-refractivity contribution in [1.82, 2.24) is 4.90 Å². The molecule has 1 atom stereocenters. The molecule has 2 amide bonds. The Balaban J connectivity index is 0.00000121. The highest BCUT2D eigenvalue weighted by Crippen LogP contribution is 2.24. The molecular weight excluding hydrogens is 323 g/mol. The number of fused-ring (bicyclic) bond motifs is 1. The third kappa shape index (κ3) is 3.14. The molecule has 0 spiro atoms. The molecule has 0 unspecified atom stereocenters. The molecule has 0 saturated heterocycles. The van der Waals surface area contributed by atoms with Crippen molar-refractivity contribution in [3.8, 4) is 0 Å². The second-order valence-electron chi connectivity index (χ2n) is 4.78. The zero-order valence-electron chi connectivity index (χ0n) is 11.6. The summed E-state index contributed by atoms with van der Waals surface area (Å²) >= 11 is 0. The van der Waals surface area contributed by atoms with Crippen molar-refractivity contribution in [1.29, 1.82) is 0 Å². The molecule has 4 nitrogen and oxygen atoms in total. The van der Waals surface area contributed by atoms with Crippen molar-refractivity contribution in [2.45, 2.75) is 6.04 Å². The smallest absolute Gasteiger partial charge is 0.261 e. The predicted molar refractivity (Wildman–Crippen MR) is 89.7 cm³/mol. The van der Waals surface area contributed by atoms with Crippen molar-refractivity contribution < 1.29 is 9.59 Å². The maximum absolute atomic E-state index is 12.2. The first-order valence-corrected chi connectivity index (χ1v) is 6.44. The number of halogens is 2. The predicted octanol–water partition coefficient (Wildman–Crippen LogP) is 2.83. The van der Waals surface area contributed by atoms with E-state index >= 15 is 0 Å². The van der Waals surface area contributed by atoms with Crippen LogP contribution in [0.25, 0.3) is 0 Å². The van der Waals surface area contributed by atoms with Gasteiger partial charge in [0.15, 0.2) is 0 Å². The van der Waals surface area contributed by atoms with Gasteiger partial charge in [-0.1, -0.05) is 42.5 Å². The van der Waals surface area contributed by atoms with Crippen LogP contribution in [0.4, 0.5) is 0 Å². The van der Waals surface area contributed by atoms with E-state index < -0.39 is 0 Å². The Kier molecular flexibility index (Phi) is 6.11. The fraction of sp³-hybridized carbons (Fsp3) is 0.125. The van der Waals surface area contributed by atoms with Crippen molar-refractivity contribution in [2.75, 3.05) is 6.54 Å². The van der Waals surface area contributed by atoms with Crippen LogP contribution in [0.1, 0.15) is 32.3 Å². The fourth-order valence-electron chi connectivity index (χ4n) is 2.41. The Hall–Kier alpha value is -1.88. The number of carbonyl (C=O) groups is 2. The van der Waals surface area contributed by atoms with Gasteiger partial charge >= 0.3 is 0 Å². The van der Waals surface area contributed by atoms with Crippen molar-refractivity contribution in [2.24, 2.45) is 5.73 Å². The molecule has 1 aliphatic heterocycles. The van der Waals surface area contributed by atoms with Crippen molar-refractivity contribution in [3.05, 3.63) is 71.3 Å². The van der Waals surface area contributed by atoms with Crippen molar-refractivity contribution in [3.63, 3.8) is 0 Å². The molecule has 2 aromatic carbocycles. The van der Waals surface area contributed by atoms with E-state index in [9.17, 15) is 9.59 Å². The van der Waals surface area contributed by atoms with Crippen LogP contribution in [0.5, 0.6) is 0 Å². The average Bonchev–Trinajstić information content (AvgIpc) is 2.74. The standard InChI is InChI=1S/C16H14N2O2.2ClH/c17-14(11-6-2-1-3-7-11)10-18-15(19)12-8-4-5-9-13(12)16(18)20;;/h1-9,14H,10,17H2;2*1H/t14-;;/m1../s1. The maximum atomic E-state index is 12.2. The van der Waals surface area contributed by atoms with Gasteiger partial charge in [-0.25, -0.2) is 0 Å². The third-order valence-electron chi connectivity index (χ3n) is 3.49. The van der Waals surface area contributed by atoms with E-state index in [1.807, 2.05) is 30.3 Å². The SMILES string of the molecule is Cl.Cl.N[C@H](CN1C(=O)c2ccccc2C1=O)c1ccccc1. The molecule has 116 valence electrons. The number of hydrogen-bond donors (Lipinski definition) is 1. The minimum Gasteiger partial charge on any atom is -0.322 e. The first-order chi connectivity index (χ1) is 9.68. The first kappa shape index (κ1) is 18.2. The highest BCUT2D eigenvalue weighted by molar-refractivity contribution is 6.21. The van der Waals surface area contributed by atoms with Crippen LogP contribution in [0.15, 0.2) is 54.6 Å². The summed E-state index contributed by atoms with van der Waals surface area (Å²) < 4.78 is 0. The van der Waals surface area contributed by atoms with Gasteiger partial charge in [-0.2, -0.15) is 0 Å². The molecule has 0 fully saturated rings. The molecule has 0 saturated carbocycles. The first-order valence-electron chi connectivity index (χ1n) is 6.44. The molecular formula is C16H16Cl2N2O2. The molecule has 3 rings (SSSR count).